The summed E-state index contributed by atoms with van der Waals surface area (Å²) in [6.45, 7) is 10.5. The molecule has 0 aliphatic heterocycles. The normalized spacial score (nSPS) is 18.1. The Hall–Kier alpha value is -2.13. The Morgan fingerprint density at radius 3 is 1.75 bits per heavy atom. The van der Waals surface area contributed by atoms with Gasteiger partial charge in [-0.1, -0.05) is 51.7 Å². The molecule has 0 radical (unpaired) electrons. The van der Waals surface area contributed by atoms with Crippen molar-refractivity contribution in [1.82, 2.24) is 0 Å². The van der Waals surface area contributed by atoms with Gasteiger partial charge in [-0.25, -0.2) is 9.59 Å². The molecule has 32 heavy (non-hydrogen) atoms. The van der Waals surface area contributed by atoms with Gasteiger partial charge in [0, 0.05) is 22.5 Å². The molecule has 0 saturated heterocycles. The van der Waals surface area contributed by atoms with Gasteiger partial charge in [-0.05, 0) is 57.7 Å². The summed E-state index contributed by atoms with van der Waals surface area (Å²) in [5, 5.41) is 0.540. The van der Waals surface area contributed by atoms with Gasteiger partial charge in [-0.3, -0.25) is 0 Å². The summed E-state index contributed by atoms with van der Waals surface area (Å²) in [4.78, 5) is 24.5. The summed E-state index contributed by atoms with van der Waals surface area (Å²) in [6.07, 6.45) is 10.2. The highest BCUT2D eigenvalue weighted by Crippen LogP contribution is 2.63. The third-order valence-corrected chi connectivity index (χ3v) is 11.0. The first-order chi connectivity index (χ1) is 15.2. The fourth-order valence-electron chi connectivity index (χ4n) is 4.92. The van der Waals surface area contributed by atoms with Gasteiger partial charge < -0.3 is 14.0 Å². The van der Waals surface area contributed by atoms with E-state index in [0.717, 1.165) is 64.2 Å². The average molecular weight is 459 g/mol. The van der Waals surface area contributed by atoms with Crippen LogP contribution < -0.4 is 14.8 Å². The zero-order valence-corrected chi connectivity index (χ0v) is 20.3. The highest BCUT2D eigenvalue weighted by Gasteiger charge is 2.44. The first kappa shape index (κ1) is 24.5. The van der Waals surface area contributed by atoms with E-state index in [2.05, 4.69) is 13.2 Å². The third kappa shape index (κ3) is 5.43. The Morgan fingerprint density at radius 2 is 1.28 bits per heavy atom. The van der Waals surface area contributed by atoms with Crippen LogP contribution in [0, 0.1) is 0 Å². The lowest BCUT2D eigenvalue weighted by atomic mass is 9.99. The Morgan fingerprint density at radius 1 is 0.812 bits per heavy atom. The lowest BCUT2D eigenvalue weighted by Gasteiger charge is -2.39. The standard InChI is InChI=1S/C26H35O5P/c1-18(2)25(27)30-20-15-16-23(31-26(28)19(3)4)24(17-20)32(29,21-11-7-5-8-12-21)22-13-9-6-10-14-22/h15-17,21-22H,1,3,5-14H2,2,4H3. The maximum absolute atomic E-state index is 15.1. The van der Waals surface area contributed by atoms with Crippen LogP contribution in [0.15, 0.2) is 42.5 Å². The van der Waals surface area contributed by atoms with Gasteiger partial charge in [0.2, 0.25) is 0 Å². The van der Waals surface area contributed by atoms with Crippen molar-refractivity contribution in [2.24, 2.45) is 0 Å². The quantitative estimate of drug-likeness (QED) is 0.207. The summed E-state index contributed by atoms with van der Waals surface area (Å²) in [5.41, 5.74) is 0.688. The molecule has 0 N–H and O–H groups in total. The second kappa shape index (κ2) is 10.7. The minimum atomic E-state index is -2.96. The topological polar surface area (TPSA) is 69.7 Å². The second-order valence-electron chi connectivity index (χ2n) is 9.26. The number of rotatable bonds is 7. The molecule has 0 heterocycles. The largest absolute Gasteiger partial charge is 0.423 e. The van der Waals surface area contributed by atoms with Crippen molar-refractivity contribution in [2.45, 2.75) is 89.4 Å². The van der Waals surface area contributed by atoms with Crippen molar-refractivity contribution in [3.05, 3.63) is 42.5 Å². The first-order valence-corrected chi connectivity index (χ1v) is 13.6. The summed E-state index contributed by atoms with van der Waals surface area (Å²) in [7, 11) is -2.96. The molecule has 3 rings (SSSR count). The van der Waals surface area contributed by atoms with E-state index in [9.17, 15) is 9.59 Å². The number of esters is 2. The van der Waals surface area contributed by atoms with Crippen molar-refractivity contribution in [3.8, 4) is 11.5 Å². The SMILES string of the molecule is C=C(C)C(=O)Oc1ccc(OC(=O)C(=C)C)c(P(=O)(C2CCCCC2)C2CCCCC2)c1. The van der Waals surface area contributed by atoms with Gasteiger partial charge in [-0.2, -0.15) is 0 Å². The fourth-order valence-corrected chi connectivity index (χ4v) is 9.36. The molecule has 1 aromatic rings. The third-order valence-electron chi connectivity index (χ3n) is 6.65. The van der Waals surface area contributed by atoms with Crippen LogP contribution in [0.5, 0.6) is 11.5 Å². The molecule has 0 atom stereocenters. The van der Waals surface area contributed by atoms with Gasteiger partial charge in [0.05, 0.1) is 5.30 Å². The lowest BCUT2D eigenvalue weighted by Crippen LogP contribution is -2.31. The molecule has 1 aromatic carbocycles. The molecule has 0 unspecified atom stereocenters. The van der Waals surface area contributed by atoms with E-state index in [1.165, 1.54) is 0 Å². The molecule has 174 valence electrons. The van der Waals surface area contributed by atoms with Crippen LogP contribution in [-0.4, -0.2) is 23.3 Å². The molecule has 0 amide bonds. The van der Waals surface area contributed by atoms with E-state index in [1.807, 2.05) is 0 Å². The molecule has 2 aliphatic rings. The van der Waals surface area contributed by atoms with Crippen LogP contribution in [0.1, 0.15) is 78.1 Å². The highest BCUT2D eigenvalue weighted by atomic mass is 31.2. The average Bonchev–Trinajstić information content (AvgIpc) is 2.80. The smallest absolute Gasteiger partial charge is 0.338 e. The highest BCUT2D eigenvalue weighted by molar-refractivity contribution is 7.73. The Kier molecular flexibility index (Phi) is 8.16. The molecular weight excluding hydrogens is 423 g/mol. The van der Waals surface area contributed by atoms with E-state index >= 15 is 4.57 Å². The number of hydrogen-bond donors (Lipinski definition) is 0. The lowest BCUT2D eigenvalue weighted by molar-refractivity contribution is -0.131. The number of carbonyl (C=O) groups excluding carboxylic acids is 2. The monoisotopic (exact) mass is 458 g/mol. The van der Waals surface area contributed by atoms with Crippen molar-refractivity contribution < 1.29 is 23.6 Å². The second-order valence-corrected chi connectivity index (χ2v) is 12.6. The van der Waals surface area contributed by atoms with Gasteiger partial charge in [0.15, 0.2) is 0 Å². The van der Waals surface area contributed by atoms with E-state index < -0.39 is 19.1 Å². The number of benzene rings is 1. The summed E-state index contributed by atoms with van der Waals surface area (Å²) < 4.78 is 26.2. The minimum Gasteiger partial charge on any atom is -0.423 e. The molecular formula is C26H35O5P. The van der Waals surface area contributed by atoms with Crippen LogP contribution in [0.25, 0.3) is 0 Å². The van der Waals surface area contributed by atoms with Crippen LogP contribution in [0.4, 0.5) is 0 Å². The number of carbonyl (C=O) groups is 2. The Balaban J connectivity index is 2.12. The molecule has 2 saturated carbocycles. The molecule has 0 spiro atoms. The summed E-state index contributed by atoms with van der Waals surface area (Å²) in [5.74, 6) is -0.480. The number of hydrogen-bond acceptors (Lipinski definition) is 5. The van der Waals surface area contributed by atoms with Gasteiger partial charge in [0.25, 0.3) is 0 Å². The molecule has 5 nitrogen and oxygen atoms in total. The van der Waals surface area contributed by atoms with Crippen molar-refractivity contribution in [1.29, 1.82) is 0 Å². The maximum atomic E-state index is 15.1. The zero-order chi connectivity index (χ0) is 23.3. The van der Waals surface area contributed by atoms with Gasteiger partial charge in [0.1, 0.15) is 18.6 Å². The molecule has 0 aromatic heterocycles. The number of ether oxygens (including phenoxy) is 2. The molecule has 0 bridgehead atoms. The predicted molar refractivity (Wildman–Crippen MR) is 128 cm³/mol. The van der Waals surface area contributed by atoms with E-state index in [4.69, 9.17) is 9.47 Å². The summed E-state index contributed by atoms with van der Waals surface area (Å²) >= 11 is 0. The Bertz CT molecular complexity index is 914. The minimum absolute atomic E-state index is 0.0636. The molecule has 6 heteroatoms. The van der Waals surface area contributed by atoms with Crippen molar-refractivity contribution >= 4 is 24.4 Å². The zero-order valence-electron chi connectivity index (χ0n) is 19.4. The predicted octanol–water partition coefficient (Wildman–Crippen LogP) is 6.30. The van der Waals surface area contributed by atoms with Gasteiger partial charge in [-0.15, -0.1) is 0 Å². The molecule has 2 aliphatic carbocycles. The van der Waals surface area contributed by atoms with Crippen molar-refractivity contribution in [2.75, 3.05) is 0 Å². The van der Waals surface area contributed by atoms with Crippen molar-refractivity contribution in [3.63, 3.8) is 0 Å². The van der Waals surface area contributed by atoms with Crippen LogP contribution in [-0.2, 0) is 14.2 Å². The van der Waals surface area contributed by atoms with Crippen LogP contribution in [0.2, 0.25) is 0 Å². The van der Waals surface area contributed by atoms with Gasteiger partial charge >= 0.3 is 11.9 Å². The van der Waals surface area contributed by atoms with E-state index in [0.29, 0.717) is 16.8 Å². The maximum Gasteiger partial charge on any atom is 0.338 e. The van der Waals surface area contributed by atoms with E-state index in [-0.39, 0.29) is 22.5 Å². The Labute approximate surface area is 191 Å². The first-order valence-electron chi connectivity index (χ1n) is 11.7. The van der Waals surface area contributed by atoms with E-state index in [1.54, 1.807) is 32.0 Å². The fraction of sp³-hybridized carbons (Fsp3) is 0.538. The molecule has 2 fully saturated rings. The summed E-state index contributed by atoms with van der Waals surface area (Å²) in [6, 6.07) is 4.86. The van der Waals surface area contributed by atoms with Crippen LogP contribution in [0.3, 0.4) is 0 Å². The van der Waals surface area contributed by atoms with Crippen LogP contribution >= 0.6 is 7.14 Å².